The summed E-state index contributed by atoms with van der Waals surface area (Å²) < 4.78 is 7.04. The number of carbonyl (C=O) groups is 2. The number of aromatic nitrogens is 2. The van der Waals surface area contributed by atoms with Gasteiger partial charge in [0.15, 0.2) is 12.1 Å². The Morgan fingerprint density at radius 2 is 2.04 bits per heavy atom. The molecule has 6 heteroatoms. The highest BCUT2D eigenvalue weighted by atomic mass is 32.2. The zero-order valence-corrected chi connectivity index (χ0v) is 14.4. The normalized spacial score (nSPS) is 10.8. The number of rotatable bonds is 5. The van der Waals surface area contributed by atoms with Crippen molar-refractivity contribution in [2.24, 2.45) is 7.05 Å². The molecule has 0 N–H and O–H groups in total. The van der Waals surface area contributed by atoms with Gasteiger partial charge in [0, 0.05) is 46.9 Å². The summed E-state index contributed by atoms with van der Waals surface area (Å²) in [6.07, 6.45) is 4.45. The van der Waals surface area contributed by atoms with Gasteiger partial charge < -0.3 is 9.30 Å². The number of hydrogen-bond acceptors (Lipinski definition) is 5. The third-order valence-electron chi connectivity index (χ3n) is 3.87. The SMILES string of the molecule is COc1cc(C(=O)c2ccc3c(c2)c(C=O)cn3C)cc(SC)n1. The van der Waals surface area contributed by atoms with Crippen molar-refractivity contribution in [3.8, 4) is 5.88 Å². The predicted molar refractivity (Wildman–Crippen MR) is 94.3 cm³/mol. The summed E-state index contributed by atoms with van der Waals surface area (Å²) in [7, 11) is 3.39. The van der Waals surface area contributed by atoms with Crippen LogP contribution >= 0.6 is 11.8 Å². The summed E-state index contributed by atoms with van der Waals surface area (Å²) >= 11 is 1.44. The Bertz CT molecular complexity index is 925. The quantitative estimate of drug-likeness (QED) is 0.405. The molecular formula is C18H16N2O3S. The topological polar surface area (TPSA) is 61.2 Å². The van der Waals surface area contributed by atoms with E-state index >= 15 is 0 Å². The Morgan fingerprint density at radius 3 is 2.71 bits per heavy atom. The standard InChI is InChI=1S/C18H16N2O3S/c1-20-9-13(10-21)14-6-11(4-5-15(14)20)18(22)12-7-16(23-2)19-17(8-12)24-3/h4-10H,1-3H3. The number of nitrogens with zero attached hydrogens (tertiary/aromatic N) is 2. The molecule has 0 spiro atoms. The number of benzene rings is 1. The number of aldehydes is 1. The van der Waals surface area contributed by atoms with Gasteiger partial charge in [0.25, 0.3) is 0 Å². The fourth-order valence-corrected chi connectivity index (χ4v) is 3.07. The number of methoxy groups -OCH3 is 1. The Kier molecular flexibility index (Phi) is 4.40. The summed E-state index contributed by atoms with van der Waals surface area (Å²) in [5.41, 5.74) is 2.51. The minimum Gasteiger partial charge on any atom is -0.481 e. The smallest absolute Gasteiger partial charge is 0.214 e. The molecule has 0 aliphatic carbocycles. The highest BCUT2D eigenvalue weighted by Crippen LogP contribution is 2.25. The van der Waals surface area contributed by atoms with E-state index in [1.54, 1.807) is 30.5 Å². The minimum atomic E-state index is -0.131. The Hall–Kier alpha value is -2.60. The zero-order chi connectivity index (χ0) is 17.3. The van der Waals surface area contributed by atoms with Crippen LogP contribution in [-0.2, 0) is 7.05 Å². The van der Waals surface area contributed by atoms with Crippen LogP contribution in [0.5, 0.6) is 5.88 Å². The maximum atomic E-state index is 12.8. The summed E-state index contributed by atoms with van der Waals surface area (Å²) in [5.74, 6) is 0.271. The lowest BCUT2D eigenvalue weighted by molar-refractivity contribution is 0.103. The third-order valence-corrected chi connectivity index (χ3v) is 4.50. The van der Waals surface area contributed by atoms with Crippen molar-refractivity contribution in [3.05, 3.63) is 53.2 Å². The number of hydrogen-bond donors (Lipinski definition) is 0. The molecule has 24 heavy (non-hydrogen) atoms. The van der Waals surface area contributed by atoms with Crippen molar-refractivity contribution < 1.29 is 14.3 Å². The summed E-state index contributed by atoms with van der Waals surface area (Å²) in [6.45, 7) is 0. The van der Waals surface area contributed by atoms with E-state index in [4.69, 9.17) is 4.74 Å². The van der Waals surface area contributed by atoms with E-state index in [1.807, 2.05) is 23.9 Å². The molecule has 0 amide bonds. The average molecular weight is 340 g/mol. The first-order valence-corrected chi connectivity index (χ1v) is 8.49. The second-order valence-electron chi connectivity index (χ2n) is 5.31. The van der Waals surface area contributed by atoms with Crippen LogP contribution in [0.3, 0.4) is 0 Å². The summed E-state index contributed by atoms with van der Waals surface area (Å²) in [5, 5.41) is 1.48. The molecule has 122 valence electrons. The molecule has 0 aliphatic rings. The fraction of sp³-hybridized carbons (Fsp3) is 0.167. The largest absolute Gasteiger partial charge is 0.481 e. The van der Waals surface area contributed by atoms with E-state index in [0.717, 1.165) is 17.2 Å². The number of pyridine rings is 1. The van der Waals surface area contributed by atoms with Crippen LogP contribution in [-0.4, -0.2) is 35.0 Å². The van der Waals surface area contributed by atoms with Gasteiger partial charge in [-0.05, 0) is 30.5 Å². The maximum absolute atomic E-state index is 12.8. The lowest BCUT2D eigenvalue weighted by atomic mass is 10.0. The number of ether oxygens (including phenoxy) is 1. The summed E-state index contributed by atoms with van der Waals surface area (Å²) in [6, 6.07) is 8.74. The maximum Gasteiger partial charge on any atom is 0.214 e. The highest BCUT2D eigenvalue weighted by molar-refractivity contribution is 7.98. The van der Waals surface area contributed by atoms with E-state index in [2.05, 4.69) is 4.98 Å². The van der Waals surface area contributed by atoms with E-state index in [0.29, 0.717) is 27.6 Å². The molecule has 0 atom stereocenters. The van der Waals surface area contributed by atoms with Crippen LogP contribution in [0.4, 0.5) is 0 Å². The number of thioether (sulfide) groups is 1. The molecule has 0 fully saturated rings. The first kappa shape index (κ1) is 16.3. The molecule has 0 saturated heterocycles. The van der Waals surface area contributed by atoms with Gasteiger partial charge in [0.1, 0.15) is 5.03 Å². The molecule has 1 aromatic carbocycles. The van der Waals surface area contributed by atoms with E-state index in [9.17, 15) is 9.59 Å². The lowest BCUT2D eigenvalue weighted by Gasteiger charge is -2.07. The van der Waals surface area contributed by atoms with Gasteiger partial charge in [-0.1, -0.05) is 0 Å². The van der Waals surface area contributed by atoms with Gasteiger partial charge in [-0.15, -0.1) is 11.8 Å². The first-order chi connectivity index (χ1) is 11.6. The molecule has 5 nitrogen and oxygen atoms in total. The van der Waals surface area contributed by atoms with Crippen molar-refractivity contribution in [1.82, 2.24) is 9.55 Å². The van der Waals surface area contributed by atoms with E-state index < -0.39 is 0 Å². The molecule has 0 unspecified atom stereocenters. The van der Waals surface area contributed by atoms with Gasteiger partial charge in [0.05, 0.1) is 7.11 Å². The molecular weight excluding hydrogens is 324 g/mol. The number of aryl methyl sites for hydroxylation is 1. The van der Waals surface area contributed by atoms with Gasteiger partial charge in [-0.3, -0.25) is 9.59 Å². The first-order valence-electron chi connectivity index (χ1n) is 7.26. The van der Waals surface area contributed by atoms with Crippen molar-refractivity contribution in [2.45, 2.75) is 5.03 Å². The van der Waals surface area contributed by atoms with Gasteiger partial charge in [-0.2, -0.15) is 0 Å². The Morgan fingerprint density at radius 1 is 1.25 bits per heavy atom. The van der Waals surface area contributed by atoms with Crippen molar-refractivity contribution in [1.29, 1.82) is 0 Å². The Labute approximate surface area is 143 Å². The minimum absolute atomic E-state index is 0.131. The molecule has 2 aromatic heterocycles. The number of carbonyl (C=O) groups excluding carboxylic acids is 2. The van der Waals surface area contributed by atoms with Crippen LogP contribution < -0.4 is 4.74 Å². The Balaban J connectivity index is 2.10. The third kappa shape index (κ3) is 2.80. The van der Waals surface area contributed by atoms with Gasteiger partial charge >= 0.3 is 0 Å². The lowest BCUT2D eigenvalue weighted by Crippen LogP contribution is -2.03. The van der Waals surface area contributed by atoms with Gasteiger partial charge in [0.2, 0.25) is 5.88 Å². The molecule has 3 rings (SSSR count). The molecule has 0 saturated carbocycles. The summed E-state index contributed by atoms with van der Waals surface area (Å²) in [4.78, 5) is 28.3. The number of fused-ring (bicyclic) bond motifs is 1. The second kappa shape index (κ2) is 6.49. The molecule has 0 bridgehead atoms. The van der Waals surface area contributed by atoms with Crippen LogP contribution in [0, 0.1) is 0 Å². The van der Waals surface area contributed by atoms with Crippen LogP contribution in [0.15, 0.2) is 41.6 Å². The van der Waals surface area contributed by atoms with Crippen LogP contribution in [0.2, 0.25) is 0 Å². The fourth-order valence-electron chi connectivity index (χ4n) is 2.65. The molecule has 3 aromatic rings. The highest BCUT2D eigenvalue weighted by Gasteiger charge is 2.15. The van der Waals surface area contributed by atoms with E-state index in [-0.39, 0.29) is 5.78 Å². The molecule has 0 aliphatic heterocycles. The zero-order valence-electron chi connectivity index (χ0n) is 13.6. The van der Waals surface area contributed by atoms with E-state index in [1.165, 1.54) is 18.9 Å². The molecule has 2 heterocycles. The number of ketones is 1. The second-order valence-corrected chi connectivity index (χ2v) is 6.14. The predicted octanol–water partition coefficient (Wildman–Crippen LogP) is 3.35. The monoisotopic (exact) mass is 340 g/mol. The van der Waals surface area contributed by atoms with Crippen molar-refractivity contribution in [3.63, 3.8) is 0 Å². The van der Waals surface area contributed by atoms with Crippen LogP contribution in [0.1, 0.15) is 26.3 Å². The van der Waals surface area contributed by atoms with Crippen molar-refractivity contribution in [2.75, 3.05) is 13.4 Å². The van der Waals surface area contributed by atoms with Crippen molar-refractivity contribution >= 4 is 34.7 Å². The van der Waals surface area contributed by atoms with Gasteiger partial charge in [-0.25, -0.2) is 4.98 Å². The molecule has 0 radical (unpaired) electrons. The average Bonchev–Trinajstić information content (AvgIpc) is 2.95. The van der Waals surface area contributed by atoms with Crippen LogP contribution in [0.25, 0.3) is 10.9 Å².